The van der Waals surface area contributed by atoms with Crippen LogP contribution in [0.4, 0.5) is 10.1 Å². The largest absolute Gasteiger partial charge is 0.352 e. The number of halogens is 1. The molecule has 11 nitrogen and oxygen atoms in total. The molecule has 0 spiro atoms. The van der Waals surface area contributed by atoms with E-state index in [4.69, 9.17) is 5.73 Å². The number of aromatic amines is 2. The normalized spacial score (nSPS) is 13.0. The number of nitrogens with zero attached hydrogens (tertiary/aromatic N) is 4. The van der Waals surface area contributed by atoms with Crippen LogP contribution in [0, 0.1) is 11.2 Å². The molecule has 1 amide bonds. The second-order valence-electron chi connectivity index (χ2n) is 11.7. The van der Waals surface area contributed by atoms with Gasteiger partial charge >= 0.3 is 0 Å². The second kappa shape index (κ2) is 10.6. The molecule has 5 N–H and O–H groups in total. The lowest BCUT2D eigenvalue weighted by atomic mass is 9.95. The highest BCUT2D eigenvalue weighted by molar-refractivity contribution is 7.90. The summed E-state index contributed by atoms with van der Waals surface area (Å²) >= 11 is 0. The molecule has 0 radical (unpaired) electrons. The summed E-state index contributed by atoms with van der Waals surface area (Å²) in [7, 11) is -3.65. The maximum atomic E-state index is 14.7. The maximum absolute atomic E-state index is 14.7. The van der Waals surface area contributed by atoms with Gasteiger partial charge in [0, 0.05) is 46.0 Å². The van der Waals surface area contributed by atoms with Gasteiger partial charge in [-0.15, -0.1) is 0 Å². The Morgan fingerprint density at radius 3 is 2.45 bits per heavy atom. The van der Waals surface area contributed by atoms with Gasteiger partial charge in [-0.25, -0.2) is 12.8 Å². The zero-order valence-electron chi connectivity index (χ0n) is 24.3. The molecule has 0 aliphatic carbocycles. The minimum Gasteiger partial charge on any atom is -0.352 e. The molecule has 0 saturated carbocycles. The van der Waals surface area contributed by atoms with Crippen LogP contribution < -0.4 is 11.1 Å². The van der Waals surface area contributed by atoms with Crippen LogP contribution in [-0.4, -0.2) is 50.7 Å². The first-order chi connectivity index (χ1) is 20.8. The van der Waals surface area contributed by atoms with Crippen molar-refractivity contribution >= 4 is 43.2 Å². The maximum Gasteiger partial charge on any atom is 0.229 e. The molecule has 44 heavy (non-hydrogen) atoms. The number of carbonyl (C=O) groups excluding carboxylic acids is 1. The van der Waals surface area contributed by atoms with E-state index in [0.717, 1.165) is 23.1 Å². The summed E-state index contributed by atoms with van der Waals surface area (Å²) in [6, 6.07) is 9.58. The third-order valence-corrected chi connectivity index (χ3v) is 8.44. The number of aromatic nitrogens is 6. The number of fused-ring (bicyclic) bond motifs is 2. The molecule has 0 fully saturated rings. The zero-order chi connectivity index (χ0) is 31.4. The Kier molecular flexibility index (Phi) is 7.01. The molecule has 0 bridgehead atoms. The van der Waals surface area contributed by atoms with Crippen molar-refractivity contribution in [2.45, 2.75) is 26.1 Å². The van der Waals surface area contributed by atoms with Crippen molar-refractivity contribution in [1.82, 2.24) is 30.1 Å². The Morgan fingerprint density at radius 2 is 1.70 bits per heavy atom. The SMILES string of the molecule is CC(C)(C)C(=O)Nc1cncc(-c2cc3c(-c4cc5c(-c6cc(F)cc(C(N)S(C)(=O)=O)c6)cncc5[nH]4)n[nH]c3cn2)c1. The van der Waals surface area contributed by atoms with E-state index in [1.165, 1.54) is 6.07 Å². The van der Waals surface area contributed by atoms with E-state index in [0.29, 0.717) is 50.5 Å². The third-order valence-electron chi connectivity index (χ3n) is 7.24. The summed E-state index contributed by atoms with van der Waals surface area (Å²) in [6.07, 6.45) is 9.18. The molecule has 6 aromatic rings. The molecule has 224 valence electrons. The van der Waals surface area contributed by atoms with E-state index < -0.39 is 26.4 Å². The highest BCUT2D eigenvalue weighted by atomic mass is 32.2. The molecule has 5 heterocycles. The number of carbonyl (C=O) groups is 1. The number of nitrogens with one attached hydrogen (secondary N) is 3. The number of H-pyrrole nitrogens is 2. The number of hydrogen-bond acceptors (Lipinski definition) is 8. The Labute approximate surface area is 252 Å². The smallest absolute Gasteiger partial charge is 0.229 e. The van der Waals surface area contributed by atoms with Gasteiger partial charge in [-0.2, -0.15) is 5.10 Å². The van der Waals surface area contributed by atoms with Crippen LogP contribution >= 0.6 is 0 Å². The predicted molar refractivity (Wildman–Crippen MR) is 167 cm³/mol. The second-order valence-corrected chi connectivity index (χ2v) is 13.9. The average molecular weight is 613 g/mol. The van der Waals surface area contributed by atoms with E-state index in [2.05, 4.69) is 35.5 Å². The molecule has 5 aromatic heterocycles. The van der Waals surface area contributed by atoms with Crippen LogP contribution in [0.1, 0.15) is 31.7 Å². The van der Waals surface area contributed by atoms with Gasteiger partial charge in [0.2, 0.25) is 5.91 Å². The van der Waals surface area contributed by atoms with Crippen LogP contribution in [0.3, 0.4) is 0 Å². The van der Waals surface area contributed by atoms with Crippen molar-refractivity contribution < 1.29 is 17.6 Å². The quantitative estimate of drug-likeness (QED) is 0.195. The number of benzene rings is 1. The highest BCUT2D eigenvalue weighted by Crippen LogP contribution is 2.35. The Hall–Kier alpha value is -5.01. The van der Waals surface area contributed by atoms with Crippen molar-refractivity contribution in [2.75, 3.05) is 11.6 Å². The fourth-order valence-electron chi connectivity index (χ4n) is 4.83. The molecular formula is C31H29FN8O3S. The highest BCUT2D eigenvalue weighted by Gasteiger charge is 2.22. The van der Waals surface area contributed by atoms with Gasteiger partial charge in [-0.1, -0.05) is 20.8 Å². The van der Waals surface area contributed by atoms with Crippen molar-refractivity contribution in [1.29, 1.82) is 0 Å². The standard InChI is InChI=1S/C31H29FN8O3S/c1-31(2,3)30(41)37-20-8-18(11-34-12-20)24-10-22-27(15-36-24)39-40-28(22)25-9-21-23(13-35-14-26(21)38-25)16-5-17(7-19(32)6-16)29(33)44(4,42)43/h5-15,29,38H,33H2,1-4H3,(H,37,41)(H,39,40). The van der Waals surface area contributed by atoms with Crippen LogP contribution in [-0.2, 0) is 14.6 Å². The van der Waals surface area contributed by atoms with Gasteiger partial charge in [0.1, 0.15) is 16.9 Å². The van der Waals surface area contributed by atoms with Crippen molar-refractivity contribution in [3.8, 4) is 33.8 Å². The number of nitrogens with two attached hydrogens (primary N) is 1. The van der Waals surface area contributed by atoms with Gasteiger partial charge < -0.3 is 16.0 Å². The number of rotatable bonds is 6. The van der Waals surface area contributed by atoms with Crippen LogP contribution in [0.2, 0.25) is 0 Å². The summed E-state index contributed by atoms with van der Waals surface area (Å²) in [5.74, 6) is -0.739. The monoisotopic (exact) mass is 612 g/mol. The summed E-state index contributed by atoms with van der Waals surface area (Å²) in [5.41, 5.74) is 11.1. The van der Waals surface area contributed by atoms with Gasteiger partial charge in [0.25, 0.3) is 0 Å². The lowest BCUT2D eigenvalue weighted by Crippen LogP contribution is -2.27. The third kappa shape index (κ3) is 5.54. The Morgan fingerprint density at radius 1 is 0.932 bits per heavy atom. The Bertz CT molecular complexity index is 2180. The summed E-state index contributed by atoms with van der Waals surface area (Å²) in [4.78, 5) is 29.0. The van der Waals surface area contributed by atoms with Crippen LogP contribution in [0.15, 0.2) is 67.4 Å². The van der Waals surface area contributed by atoms with Crippen LogP contribution in [0.5, 0.6) is 0 Å². The first kappa shape index (κ1) is 29.1. The molecular weight excluding hydrogens is 583 g/mol. The van der Waals surface area contributed by atoms with Gasteiger partial charge in [-0.05, 0) is 47.5 Å². The van der Waals surface area contributed by atoms with E-state index in [1.54, 1.807) is 37.1 Å². The zero-order valence-corrected chi connectivity index (χ0v) is 25.1. The number of pyridine rings is 3. The molecule has 1 atom stereocenters. The summed E-state index contributed by atoms with van der Waals surface area (Å²) in [6.45, 7) is 5.51. The van der Waals surface area contributed by atoms with E-state index in [9.17, 15) is 17.6 Å². The van der Waals surface area contributed by atoms with Crippen molar-refractivity contribution in [2.24, 2.45) is 11.1 Å². The molecule has 0 aliphatic rings. The molecule has 0 saturated heterocycles. The number of anilines is 1. The van der Waals surface area contributed by atoms with Crippen molar-refractivity contribution in [3.05, 3.63) is 78.8 Å². The number of sulfone groups is 1. The fraction of sp³-hybridized carbons (Fsp3) is 0.194. The summed E-state index contributed by atoms with van der Waals surface area (Å²) in [5, 5.41) is 10.6. The minimum atomic E-state index is -3.65. The van der Waals surface area contributed by atoms with E-state index >= 15 is 0 Å². The fourth-order valence-corrected chi connectivity index (χ4v) is 5.47. The van der Waals surface area contributed by atoms with Gasteiger partial charge in [0.15, 0.2) is 9.84 Å². The lowest BCUT2D eigenvalue weighted by Gasteiger charge is -2.17. The lowest BCUT2D eigenvalue weighted by molar-refractivity contribution is -0.123. The van der Waals surface area contributed by atoms with Gasteiger partial charge in [-0.3, -0.25) is 24.8 Å². The summed E-state index contributed by atoms with van der Waals surface area (Å²) < 4.78 is 38.8. The molecule has 1 aromatic carbocycles. The first-order valence-electron chi connectivity index (χ1n) is 13.6. The average Bonchev–Trinajstić information content (AvgIpc) is 3.59. The molecule has 6 rings (SSSR count). The minimum absolute atomic E-state index is 0.127. The molecule has 1 unspecified atom stereocenters. The predicted octanol–water partition coefficient (Wildman–Crippen LogP) is 5.36. The number of amides is 1. The number of hydrogen-bond donors (Lipinski definition) is 4. The molecule has 13 heteroatoms. The van der Waals surface area contributed by atoms with Gasteiger partial charge in [0.05, 0.1) is 46.7 Å². The van der Waals surface area contributed by atoms with E-state index in [1.807, 2.05) is 39.0 Å². The first-order valence-corrected chi connectivity index (χ1v) is 15.6. The Balaban J connectivity index is 1.40. The molecule has 0 aliphatic heterocycles. The van der Waals surface area contributed by atoms with Crippen LogP contribution in [0.25, 0.3) is 55.6 Å². The van der Waals surface area contributed by atoms with E-state index in [-0.39, 0.29) is 11.5 Å². The van der Waals surface area contributed by atoms with Crippen molar-refractivity contribution in [3.63, 3.8) is 0 Å². The topological polar surface area (TPSA) is 172 Å².